The van der Waals surface area contributed by atoms with Gasteiger partial charge < -0.3 is 5.32 Å². The van der Waals surface area contributed by atoms with Crippen molar-refractivity contribution in [3.8, 4) is 11.3 Å². The Bertz CT molecular complexity index is 1570. The quantitative estimate of drug-likeness (QED) is 0.174. The van der Waals surface area contributed by atoms with Crippen molar-refractivity contribution in [2.75, 3.05) is 4.90 Å². The van der Waals surface area contributed by atoms with E-state index < -0.39 is 23.6 Å². The van der Waals surface area contributed by atoms with E-state index >= 15 is 0 Å². The molecule has 1 saturated heterocycles. The first-order valence-electron chi connectivity index (χ1n) is 11.2. The van der Waals surface area contributed by atoms with Gasteiger partial charge in [0.2, 0.25) is 5.91 Å². The maximum atomic E-state index is 13.1. The summed E-state index contributed by atoms with van der Waals surface area (Å²) < 4.78 is 0. The van der Waals surface area contributed by atoms with Crippen molar-refractivity contribution in [3.63, 3.8) is 0 Å². The topological polar surface area (TPSA) is 104 Å². The summed E-state index contributed by atoms with van der Waals surface area (Å²) in [5, 5.41) is 7.50. The second-order valence-electron chi connectivity index (χ2n) is 8.08. The largest absolute Gasteiger partial charge is 0.301 e. The van der Waals surface area contributed by atoms with Crippen LogP contribution in [0, 0.1) is 5.92 Å². The molecule has 0 aliphatic carbocycles. The monoisotopic (exact) mass is 527 g/mol. The number of thiocarbonyl (C=S) groups is 1. The summed E-state index contributed by atoms with van der Waals surface area (Å²) in [6, 6.07) is 24.9. The van der Waals surface area contributed by atoms with Gasteiger partial charge in [0.15, 0.2) is 11.0 Å². The molecule has 0 unspecified atom stereocenters. The lowest BCUT2D eigenvalue weighted by Crippen LogP contribution is -2.58. The van der Waals surface area contributed by atoms with Gasteiger partial charge in [-0.25, -0.2) is 10.4 Å². The lowest BCUT2D eigenvalue weighted by molar-refractivity contribution is -0.130. The highest BCUT2D eigenvalue weighted by molar-refractivity contribution is 7.80. The summed E-state index contributed by atoms with van der Waals surface area (Å²) in [5.74, 6) is -3.05. The van der Waals surface area contributed by atoms with Crippen LogP contribution in [0.15, 0.2) is 90.0 Å². The van der Waals surface area contributed by atoms with Crippen molar-refractivity contribution in [2.45, 2.75) is 0 Å². The zero-order chi connectivity index (χ0) is 25.9. The number of hydrogen-bond acceptors (Lipinski definition) is 6. The predicted molar refractivity (Wildman–Crippen MR) is 146 cm³/mol. The normalized spacial score (nSPS) is 15.8. The molecule has 5 rings (SSSR count). The summed E-state index contributed by atoms with van der Waals surface area (Å²) in [7, 11) is 0. The van der Waals surface area contributed by atoms with E-state index in [4.69, 9.17) is 23.8 Å². The summed E-state index contributed by atoms with van der Waals surface area (Å²) in [6.07, 6.45) is 1.09. The second-order valence-corrected chi connectivity index (χ2v) is 8.90. The molecule has 2 heterocycles. The molecule has 37 heavy (non-hydrogen) atoms. The van der Waals surface area contributed by atoms with E-state index in [1.54, 1.807) is 36.4 Å². The first kappa shape index (κ1) is 24.2. The number of nitrogens with one attached hydrogen (secondary N) is 2. The number of hydrazone groups is 1. The van der Waals surface area contributed by atoms with Gasteiger partial charge in [0.25, 0.3) is 11.8 Å². The molecule has 0 radical (unpaired) electrons. The van der Waals surface area contributed by atoms with E-state index in [-0.39, 0.29) is 5.11 Å². The Morgan fingerprint density at radius 2 is 1.73 bits per heavy atom. The van der Waals surface area contributed by atoms with Crippen LogP contribution < -0.4 is 15.6 Å². The smallest absolute Gasteiger partial charge is 0.272 e. The summed E-state index contributed by atoms with van der Waals surface area (Å²) in [5.41, 5.74) is 5.36. The van der Waals surface area contributed by atoms with E-state index in [0.29, 0.717) is 32.9 Å². The molecule has 1 aliphatic heterocycles. The van der Waals surface area contributed by atoms with Crippen LogP contribution in [0.25, 0.3) is 22.2 Å². The van der Waals surface area contributed by atoms with Crippen LogP contribution in [0.2, 0.25) is 5.02 Å². The molecule has 10 heteroatoms. The fourth-order valence-corrected chi connectivity index (χ4v) is 4.33. The van der Waals surface area contributed by atoms with Crippen molar-refractivity contribution in [3.05, 3.63) is 95.5 Å². The molecule has 1 fully saturated rings. The average molecular weight is 528 g/mol. The number of amides is 3. The molecule has 1 atom stereocenters. The van der Waals surface area contributed by atoms with Gasteiger partial charge in [-0.15, -0.1) is 0 Å². The van der Waals surface area contributed by atoms with Gasteiger partial charge >= 0.3 is 0 Å². The van der Waals surface area contributed by atoms with E-state index in [1.165, 1.54) is 4.90 Å². The molecule has 2 N–H and O–H groups in total. The van der Waals surface area contributed by atoms with Gasteiger partial charge in [0.05, 0.1) is 22.5 Å². The van der Waals surface area contributed by atoms with Crippen molar-refractivity contribution in [1.82, 2.24) is 15.7 Å². The molecule has 3 aromatic carbocycles. The van der Waals surface area contributed by atoms with E-state index in [1.807, 2.05) is 48.5 Å². The highest BCUT2D eigenvalue weighted by Gasteiger charge is 2.38. The Labute approximate surface area is 222 Å². The third-order valence-electron chi connectivity index (χ3n) is 5.71. The van der Waals surface area contributed by atoms with Gasteiger partial charge in [0, 0.05) is 22.2 Å². The first-order valence-corrected chi connectivity index (χ1v) is 11.9. The maximum absolute atomic E-state index is 13.1. The minimum atomic E-state index is -1.29. The lowest BCUT2D eigenvalue weighted by Gasteiger charge is -2.30. The van der Waals surface area contributed by atoms with Crippen LogP contribution in [0.4, 0.5) is 5.69 Å². The van der Waals surface area contributed by atoms with Gasteiger partial charge in [-0.2, -0.15) is 5.10 Å². The third kappa shape index (κ3) is 4.95. The van der Waals surface area contributed by atoms with Crippen molar-refractivity contribution in [1.29, 1.82) is 0 Å². The highest BCUT2D eigenvalue weighted by atomic mass is 35.5. The zero-order valence-corrected chi connectivity index (χ0v) is 20.7. The molecular formula is C27H18ClN5O3S. The number of anilines is 1. The molecule has 0 bridgehead atoms. The molecule has 1 aromatic heterocycles. The van der Waals surface area contributed by atoms with Crippen LogP contribution in [0.3, 0.4) is 0 Å². The Balaban J connectivity index is 1.40. The second kappa shape index (κ2) is 10.3. The number of benzene rings is 3. The summed E-state index contributed by atoms with van der Waals surface area (Å²) in [4.78, 5) is 44.6. The molecular weight excluding hydrogens is 510 g/mol. The Kier molecular flexibility index (Phi) is 6.72. The number of para-hydroxylation sites is 1. The number of fused-ring (bicyclic) bond motifs is 1. The number of hydrogen-bond donors (Lipinski definition) is 2. The summed E-state index contributed by atoms with van der Waals surface area (Å²) in [6.45, 7) is 0. The fourth-order valence-electron chi connectivity index (χ4n) is 3.91. The number of carbonyl (C=O) groups is 3. The molecule has 8 nitrogen and oxygen atoms in total. The molecule has 0 spiro atoms. The minimum Gasteiger partial charge on any atom is -0.301 e. The standard InChI is InChI=1S/C27H18ClN5O3S/c28-17-10-12-18(13-11-17)33-26(36)21(24(34)31-27(33)37)15-29-32-25(35)20-14-23(16-6-2-1-3-7-16)30-22-9-5-4-8-19(20)22/h1-15,21H,(H,32,35)(H,31,34,37)/b29-15+/t21-/m1/s1. The molecule has 182 valence electrons. The lowest BCUT2D eigenvalue weighted by atomic mass is 10.0. The highest BCUT2D eigenvalue weighted by Crippen LogP contribution is 2.25. The number of aromatic nitrogens is 1. The summed E-state index contributed by atoms with van der Waals surface area (Å²) >= 11 is 11.1. The van der Waals surface area contributed by atoms with Crippen LogP contribution >= 0.6 is 23.8 Å². The van der Waals surface area contributed by atoms with Crippen LogP contribution in [0.1, 0.15) is 10.4 Å². The molecule has 3 amide bonds. The van der Waals surface area contributed by atoms with Crippen molar-refractivity contribution < 1.29 is 14.4 Å². The maximum Gasteiger partial charge on any atom is 0.272 e. The number of pyridine rings is 1. The van der Waals surface area contributed by atoms with E-state index in [0.717, 1.165) is 11.8 Å². The minimum absolute atomic E-state index is 0.0531. The third-order valence-corrected chi connectivity index (χ3v) is 6.24. The van der Waals surface area contributed by atoms with Gasteiger partial charge in [-0.05, 0) is 48.6 Å². The molecule has 1 aliphatic rings. The van der Waals surface area contributed by atoms with Gasteiger partial charge in [-0.3, -0.25) is 19.3 Å². The molecule has 0 saturated carbocycles. The Morgan fingerprint density at radius 3 is 2.49 bits per heavy atom. The number of rotatable bonds is 5. The van der Waals surface area contributed by atoms with Gasteiger partial charge in [0.1, 0.15) is 0 Å². The van der Waals surface area contributed by atoms with Crippen LogP contribution in [0.5, 0.6) is 0 Å². The number of halogens is 1. The number of carbonyl (C=O) groups excluding carboxylic acids is 3. The first-order chi connectivity index (χ1) is 17.9. The van der Waals surface area contributed by atoms with E-state index in [2.05, 4.69) is 20.8 Å². The van der Waals surface area contributed by atoms with E-state index in [9.17, 15) is 14.4 Å². The van der Waals surface area contributed by atoms with Crippen LogP contribution in [-0.2, 0) is 9.59 Å². The predicted octanol–water partition coefficient (Wildman–Crippen LogP) is 4.33. The SMILES string of the molecule is O=C(N/N=C/[C@@H]1C(=O)NC(=S)N(c2ccc(Cl)cc2)C1=O)c1cc(-c2ccccc2)nc2ccccc12. The molecule has 4 aromatic rings. The van der Waals surface area contributed by atoms with Crippen molar-refractivity contribution >= 4 is 69.5 Å². The fraction of sp³-hybridized carbons (Fsp3) is 0.0370. The van der Waals surface area contributed by atoms with Gasteiger partial charge in [-0.1, -0.05) is 60.1 Å². The Morgan fingerprint density at radius 1 is 1.03 bits per heavy atom. The van der Waals surface area contributed by atoms with Crippen molar-refractivity contribution in [2.24, 2.45) is 11.0 Å². The average Bonchev–Trinajstić information content (AvgIpc) is 2.91. The zero-order valence-electron chi connectivity index (χ0n) is 19.1. The number of nitrogens with zero attached hydrogens (tertiary/aromatic N) is 3. The van der Waals surface area contributed by atoms with Crippen LogP contribution in [-0.4, -0.2) is 34.0 Å². The Hall–Kier alpha value is -4.47.